The molecule has 0 aliphatic carbocycles. The van der Waals surface area contributed by atoms with Gasteiger partial charge in [0, 0.05) is 37.1 Å². The number of amides is 1. The topological polar surface area (TPSA) is 95.6 Å². The van der Waals surface area contributed by atoms with Gasteiger partial charge < -0.3 is 10.6 Å². The van der Waals surface area contributed by atoms with Crippen LogP contribution in [0.5, 0.6) is 0 Å². The lowest BCUT2D eigenvalue weighted by molar-refractivity contribution is -0.118. The number of carbonyl (C=O) groups is 1. The monoisotopic (exact) mass is 450 g/mol. The molecule has 0 bridgehead atoms. The molecule has 0 radical (unpaired) electrons. The molecular weight excluding hydrogens is 424 g/mol. The van der Waals surface area contributed by atoms with E-state index < -0.39 is 6.04 Å². The van der Waals surface area contributed by atoms with Gasteiger partial charge in [-0.15, -0.1) is 0 Å². The fourth-order valence-corrected chi connectivity index (χ4v) is 3.71. The van der Waals surface area contributed by atoms with Gasteiger partial charge >= 0.3 is 0 Å². The maximum Gasteiger partial charge on any atom is 0.247 e. The predicted octanol–water partition coefficient (Wildman–Crippen LogP) is 4.43. The van der Waals surface area contributed by atoms with Crippen molar-refractivity contribution >= 4 is 11.7 Å². The lowest BCUT2D eigenvalue weighted by Gasteiger charge is -2.21. The van der Waals surface area contributed by atoms with Crippen LogP contribution in [0.15, 0.2) is 85.3 Å². The van der Waals surface area contributed by atoms with E-state index in [2.05, 4.69) is 33.7 Å². The molecule has 2 heterocycles. The molecule has 7 nitrogen and oxygen atoms in total. The van der Waals surface area contributed by atoms with Gasteiger partial charge in [-0.3, -0.25) is 9.48 Å². The van der Waals surface area contributed by atoms with Crippen LogP contribution >= 0.6 is 0 Å². The molecule has 0 spiro atoms. The van der Waals surface area contributed by atoms with Crippen LogP contribution in [0.4, 0.5) is 5.82 Å². The van der Waals surface area contributed by atoms with Crippen LogP contribution in [0, 0.1) is 11.3 Å². The Morgan fingerprint density at radius 1 is 1.00 bits per heavy atom. The summed E-state index contributed by atoms with van der Waals surface area (Å²) in [6, 6.07) is 22.5. The number of pyridine rings is 1. The second-order valence-electron chi connectivity index (χ2n) is 8.21. The lowest BCUT2D eigenvalue weighted by Crippen LogP contribution is -2.35. The minimum atomic E-state index is -0.540. The molecular formula is C27H26N6O. The number of hydrogen-bond donors (Lipinski definition) is 2. The van der Waals surface area contributed by atoms with Crippen LogP contribution in [0.3, 0.4) is 0 Å². The zero-order chi connectivity index (χ0) is 23.9. The largest absolute Gasteiger partial charge is 0.309 e. The van der Waals surface area contributed by atoms with Crippen molar-refractivity contribution in [1.82, 2.24) is 20.1 Å². The first-order valence-corrected chi connectivity index (χ1v) is 11.1. The van der Waals surface area contributed by atoms with Gasteiger partial charge in [-0.05, 0) is 41.3 Å². The van der Waals surface area contributed by atoms with Gasteiger partial charge in [0.15, 0.2) is 0 Å². The molecule has 34 heavy (non-hydrogen) atoms. The smallest absolute Gasteiger partial charge is 0.247 e. The summed E-state index contributed by atoms with van der Waals surface area (Å²) < 4.78 is 1.74. The lowest BCUT2D eigenvalue weighted by atomic mass is 9.98. The summed E-state index contributed by atoms with van der Waals surface area (Å²) in [5, 5.41) is 19.5. The van der Waals surface area contributed by atoms with Gasteiger partial charge in [-0.25, -0.2) is 4.98 Å². The minimum absolute atomic E-state index is 0.156. The summed E-state index contributed by atoms with van der Waals surface area (Å²) in [6.45, 7) is 2.68. The number of anilines is 1. The summed E-state index contributed by atoms with van der Waals surface area (Å²) >= 11 is 0. The number of aryl methyl sites for hydroxylation is 1. The number of nitriles is 1. The van der Waals surface area contributed by atoms with Gasteiger partial charge in [0.1, 0.15) is 11.9 Å². The highest BCUT2D eigenvalue weighted by atomic mass is 16.2. The summed E-state index contributed by atoms with van der Waals surface area (Å²) in [6.07, 6.45) is 5.42. The van der Waals surface area contributed by atoms with Crippen LogP contribution in [-0.4, -0.2) is 27.2 Å². The van der Waals surface area contributed by atoms with Crippen molar-refractivity contribution in [3.63, 3.8) is 0 Å². The molecule has 1 amide bonds. The summed E-state index contributed by atoms with van der Waals surface area (Å²) in [5.74, 6) is 0.462. The summed E-state index contributed by atoms with van der Waals surface area (Å²) in [7, 11) is 1.87. The molecule has 0 fully saturated rings. The van der Waals surface area contributed by atoms with Crippen LogP contribution < -0.4 is 10.6 Å². The SMILES string of the molecule is C[C@H](CNC(C(=O)Nc1ccc(-c2cnn(C)c2)cn1)c1ccccc1)c1ccc(C#N)cc1. The fourth-order valence-electron chi connectivity index (χ4n) is 3.71. The van der Waals surface area contributed by atoms with Crippen LogP contribution in [0.25, 0.3) is 11.1 Å². The maximum absolute atomic E-state index is 13.2. The number of carbonyl (C=O) groups excluding carboxylic acids is 1. The highest BCUT2D eigenvalue weighted by molar-refractivity contribution is 5.95. The van der Waals surface area contributed by atoms with Gasteiger partial charge in [-0.1, -0.05) is 49.4 Å². The molecule has 0 saturated carbocycles. The second kappa shape index (κ2) is 10.6. The number of benzene rings is 2. The van der Waals surface area contributed by atoms with Crippen molar-refractivity contribution in [2.45, 2.75) is 18.9 Å². The average molecular weight is 451 g/mol. The van der Waals surface area contributed by atoms with Crippen LogP contribution in [-0.2, 0) is 11.8 Å². The van der Waals surface area contributed by atoms with Crippen molar-refractivity contribution in [3.05, 3.63) is 102 Å². The first kappa shape index (κ1) is 22.9. The van der Waals surface area contributed by atoms with Gasteiger partial charge in [0.25, 0.3) is 0 Å². The Hall–Kier alpha value is -4.28. The number of hydrogen-bond acceptors (Lipinski definition) is 5. The Bertz CT molecular complexity index is 1270. The first-order valence-electron chi connectivity index (χ1n) is 11.1. The minimum Gasteiger partial charge on any atom is -0.309 e. The quantitative estimate of drug-likeness (QED) is 0.414. The van der Waals surface area contributed by atoms with E-state index in [1.807, 2.05) is 73.9 Å². The van der Waals surface area contributed by atoms with Gasteiger partial charge in [0.2, 0.25) is 5.91 Å². The molecule has 7 heteroatoms. The van der Waals surface area contributed by atoms with Crippen molar-refractivity contribution < 1.29 is 4.79 Å². The molecule has 170 valence electrons. The molecule has 0 saturated heterocycles. The maximum atomic E-state index is 13.2. The average Bonchev–Trinajstić information content (AvgIpc) is 3.31. The third-order valence-corrected chi connectivity index (χ3v) is 5.69. The van der Waals surface area contributed by atoms with E-state index in [1.165, 1.54) is 0 Å². The van der Waals surface area contributed by atoms with Crippen LogP contribution in [0.1, 0.15) is 35.6 Å². The van der Waals surface area contributed by atoms with E-state index in [0.29, 0.717) is 17.9 Å². The highest BCUT2D eigenvalue weighted by Crippen LogP contribution is 2.21. The first-order chi connectivity index (χ1) is 16.5. The molecule has 4 aromatic rings. The van der Waals surface area contributed by atoms with E-state index in [0.717, 1.165) is 22.3 Å². The fraction of sp³-hybridized carbons (Fsp3) is 0.185. The highest BCUT2D eigenvalue weighted by Gasteiger charge is 2.21. The number of aromatic nitrogens is 3. The molecule has 2 atom stereocenters. The Labute approximate surface area is 199 Å². The van der Waals surface area contributed by atoms with Crippen molar-refractivity contribution in [2.24, 2.45) is 7.05 Å². The summed E-state index contributed by atoms with van der Waals surface area (Å²) in [5.41, 5.74) is 4.51. The predicted molar refractivity (Wildman–Crippen MR) is 132 cm³/mol. The molecule has 2 aromatic carbocycles. The number of nitrogens with zero attached hydrogens (tertiary/aromatic N) is 4. The Morgan fingerprint density at radius 2 is 1.76 bits per heavy atom. The third kappa shape index (κ3) is 5.55. The molecule has 2 aromatic heterocycles. The van der Waals surface area contributed by atoms with E-state index >= 15 is 0 Å². The van der Waals surface area contributed by atoms with E-state index in [9.17, 15) is 4.79 Å². The van der Waals surface area contributed by atoms with E-state index in [1.54, 1.807) is 23.1 Å². The normalized spacial score (nSPS) is 12.5. The second-order valence-corrected chi connectivity index (χ2v) is 8.21. The van der Waals surface area contributed by atoms with Crippen molar-refractivity contribution in [2.75, 3.05) is 11.9 Å². The van der Waals surface area contributed by atoms with Crippen molar-refractivity contribution in [3.8, 4) is 17.2 Å². The van der Waals surface area contributed by atoms with Crippen molar-refractivity contribution in [1.29, 1.82) is 5.26 Å². The molecule has 1 unspecified atom stereocenters. The summed E-state index contributed by atoms with van der Waals surface area (Å²) in [4.78, 5) is 17.7. The van der Waals surface area contributed by atoms with Gasteiger partial charge in [-0.2, -0.15) is 10.4 Å². The Morgan fingerprint density at radius 3 is 2.38 bits per heavy atom. The molecule has 4 rings (SSSR count). The molecule has 2 N–H and O–H groups in total. The zero-order valence-electron chi connectivity index (χ0n) is 19.1. The Kier molecular flexibility index (Phi) is 7.11. The zero-order valence-corrected chi connectivity index (χ0v) is 19.1. The van der Waals surface area contributed by atoms with E-state index in [-0.39, 0.29) is 11.8 Å². The standard InChI is InChI=1S/C27H26N6O/c1-19(21-10-8-20(14-28)9-11-21)15-30-26(22-6-4-3-5-7-22)27(34)32-25-13-12-23(16-29-25)24-17-31-33(2)18-24/h3-13,16-19,26,30H,15H2,1-2H3,(H,29,32,34)/t19-,26?/m1/s1. The molecule has 0 aliphatic rings. The van der Waals surface area contributed by atoms with Gasteiger partial charge in [0.05, 0.1) is 17.8 Å². The number of nitrogens with one attached hydrogen (secondary N) is 2. The molecule has 0 aliphatic heterocycles. The number of rotatable bonds is 8. The Balaban J connectivity index is 1.46. The van der Waals surface area contributed by atoms with Crippen LogP contribution in [0.2, 0.25) is 0 Å². The third-order valence-electron chi connectivity index (χ3n) is 5.69. The van der Waals surface area contributed by atoms with E-state index in [4.69, 9.17) is 5.26 Å².